The van der Waals surface area contributed by atoms with Crippen molar-refractivity contribution >= 4 is 35.2 Å². The number of nitrogens with zero attached hydrogens (tertiary/aromatic N) is 2. The molecule has 0 aliphatic carbocycles. The Bertz CT molecular complexity index is 995. The van der Waals surface area contributed by atoms with Gasteiger partial charge in [0.1, 0.15) is 5.75 Å². The Labute approximate surface area is 175 Å². The Hall–Kier alpha value is -2.24. The summed E-state index contributed by atoms with van der Waals surface area (Å²) in [4.78, 5) is 20.2. The van der Waals surface area contributed by atoms with E-state index in [0.717, 1.165) is 6.20 Å². The number of anilines is 1. The highest BCUT2D eigenvalue weighted by Crippen LogP contribution is 2.26. The summed E-state index contributed by atoms with van der Waals surface area (Å²) in [6, 6.07) is 4.08. The lowest BCUT2D eigenvalue weighted by Crippen LogP contribution is -2.19. The normalized spacial score (nSPS) is 16.2. The molecule has 29 heavy (non-hydrogen) atoms. The Balaban J connectivity index is 0.00000300. The molecule has 1 aromatic heterocycles. The highest BCUT2D eigenvalue weighted by atomic mass is 32.2. The fraction of sp³-hybridized carbons (Fsp3) is 0.389. The highest BCUT2D eigenvalue weighted by molar-refractivity contribution is 7.91. The van der Waals surface area contributed by atoms with E-state index < -0.39 is 21.6 Å². The van der Waals surface area contributed by atoms with E-state index in [2.05, 4.69) is 15.3 Å². The summed E-state index contributed by atoms with van der Waals surface area (Å²) in [6.07, 6.45) is 1.63. The van der Waals surface area contributed by atoms with Gasteiger partial charge in [-0.2, -0.15) is 13.5 Å². The van der Waals surface area contributed by atoms with Gasteiger partial charge in [-0.05, 0) is 37.5 Å². The molecule has 11 heteroatoms. The third-order valence-corrected chi connectivity index (χ3v) is 6.28. The molecule has 1 fully saturated rings. The predicted molar refractivity (Wildman–Crippen MR) is 109 cm³/mol. The number of sulfone groups is 1. The van der Waals surface area contributed by atoms with Gasteiger partial charge in [0.2, 0.25) is 5.95 Å². The number of amides is 1. The maximum Gasteiger partial charge on any atom is 0.261 e. The number of rotatable bonds is 6. The lowest BCUT2D eigenvalue weighted by molar-refractivity contribution is 0.102. The van der Waals surface area contributed by atoms with E-state index in [-0.39, 0.29) is 53.0 Å². The minimum atomic E-state index is -3.61. The second kappa shape index (κ2) is 9.51. The molecule has 0 bridgehead atoms. The van der Waals surface area contributed by atoms with Gasteiger partial charge in [0.05, 0.1) is 41.8 Å². The van der Waals surface area contributed by atoms with Crippen LogP contribution in [0.5, 0.6) is 5.75 Å². The van der Waals surface area contributed by atoms with Crippen LogP contribution in [0.3, 0.4) is 0 Å². The number of ether oxygens (including phenoxy) is 2. The maximum atomic E-state index is 13.3. The number of aromatic nitrogens is 2. The van der Waals surface area contributed by atoms with Gasteiger partial charge in [-0.15, -0.1) is 0 Å². The van der Waals surface area contributed by atoms with Crippen LogP contribution in [0, 0.1) is 18.7 Å². The Kier molecular flexibility index (Phi) is 7.55. The number of benzene rings is 1. The zero-order valence-electron chi connectivity index (χ0n) is 15.9. The van der Waals surface area contributed by atoms with Crippen molar-refractivity contribution < 1.29 is 27.1 Å². The molecule has 1 N–H and O–H groups in total. The summed E-state index contributed by atoms with van der Waals surface area (Å²) >= 11 is 0. The fourth-order valence-corrected chi connectivity index (χ4v) is 4.51. The summed E-state index contributed by atoms with van der Waals surface area (Å²) in [5.41, 5.74) is 0.0872. The van der Waals surface area contributed by atoms with E-state index in [1.54, 1.807) is 0 Å². The molecule has 1 atom stereocenters. The molecule has 1 aliphatic heterocycles. The van der Waals surface area contributed by atoms with Crippen molar-refractivity contribution in [1.82, 2.24) is 9.97 Å². The van der Waals surface area contributed by atoms with Gasteiger partial charge in [-0.25, -0.2) is 22.8 Å². The van der Waals surface area contributed by atoms with Crippen LogP contribution in [0.15, 0.2) is 29.3 Å². The van der Waals surface area contributed by atoms with Crippen molar-refractivity contribution in [3.8, 4) is 5.75 Å². The molecule has 0 spiro atoms. The van der Waals surface area contributed by atoms with Gasteiger partial charge in [-0.1, -0.05) is 0 Å². The predicted octanol–water partition coefficient (Wildman–Crippen LogP) is 2.11. The molecule has 1 saturated heterocycles. The zero-order chi connectivity index (χ0) is 20.3. The highest BCUT2D eigenvalue weighted by Gasteiger charge is 2.26. The van der Waals surface area contributed by atoms with Crippen LogP contribution in [0.1, 0.15) is 22.5 Å². The Morgan fingerprint density at radius 3 is 2.79 bits per heavy atom. The number of aryl methyl sites for hydroxylation is 1. The van der Waals surface area contributed by atoms with Crippen LogP contribution in [-0.4, -0.2) is 50.4 Å². The van der Waals surface area contributed by atoms with E-state index in [0.29, 0.717) is 19.6 Å². The van der Waals surface area contributed by atoms with Crippen LogP contribution >= 0.6 is 13.5 Å². The zero-order valence-corrected chi connectivity index (χ0v) is 17.8. The van der Waals surface area contributed by atoms with Crippen LogP contribution in [0.2, 0.25) is 0 Å². The first-order valence-corrected chi connectivity index (χ1v) is 10.2. The third-order valence-electron chi connectivity index (χ3n) is 4.40. The number of carbonyl (C=O) groups excluding carboxylic acids is 1. The fourth-order valence-electron chi connectivity index (χ4n) is 2.86. The summed E-state index contributed by atoms with van der Waals surface area (Å²) in [7, 11) is -2.24. The molecular formula is C18H22FN3O5S2. The molecular weight excluding hydrogens is 421 g/mol. The molecule has 8 nitrogen and oxygen atoms in total. The van der Waals surface area contributed by atoms with E-state index in [9.17, 15) is 17.6 Å². The molecule has 1 aromatic carbocycles. The number of hydrogen-bond donors (Lipinski definition) is 1. The molecule has 0 radical (unpaired) electrons. The average molecular weight is 444 g/mol. The molecule has 0 saturated carbocycles. The number of nitrogens with one attached hydrogen (secondary N) is 1. The first kappa shape index (κ1) is 23.0. The van der Waals surface area contributed by atoms with Gasteiger partial charge in [0.25, 0.3) is 5.91 Å². The number of methoxy groups -OCH3 is 1. The van der Waals surface area contributed by atoms with E-state index in [1.165, 1.54) is 32.2 Å². The number of hydrogen-bond acceptors (Lipinski definition) is 7. The van der Waals surface area contributed by atoms with Gasteiger partial charge in [0.15, 0.2) is 15.7 Å². The van der Waals surface area contributed by atoms with Crippen LogP contribution in [-0.2, 0) is 14.6 Å². The quantitative estimate of drug-likeness (QED) is 0.728. The van der Waals surface area contributed by atoms with Crippen LogP contribution in [0.25, 0.3) is 0 Å². The van der Waals surface area contributed by atoms with Crippen molar-refractivity contribution in [2.45, 2.75) is 18.2 Å². The minimum Gasteiger partial charge on any atom is -0.496 e. The van der Waals surface area contributed by atoms with Crippen molar-refractivity contribution in [2.24, 2.45) is 5.92 Å². The standard InChI is InChI=1S/C18H20FN3O5S.H2S/c1-11-15(19)8-20-18(21-11)22-17(23)14-7-13(3-4-16(14)26-2)28(24,25)10-12-5-6-27-9-12;/h3-4,7-8,12H,5-6,9-10H2,1-2H3,(H,20,21,22,23);1H2/t12-;/m0./s1. The molecule has 2 aromatic rings. The van der Waals surface area contributed by atoms with E-state index in [4.69, 9.17) is 9.47 Å². The van der Waals surface area contributed by atoms with Crippen molar-refractivity contribution in [1.29, 1.82) is 0 Å². The second-order valence-corrected chi connectivity index (χ2v) is 8.49. The van der Waals surface area contributed by atoms with E-state index in [1.807, 2.05) is 0 Å². The van der Waals surface area contributed by atoms with Crippen molar-refractivity contribution in [3.05, 3.63) is 41.5 Å². The van der Waals surface area contributed by atoms with Gasteiger partial charge in [-0.3, -0.25) is 10.1 Å². The smallest absolute Gasteiger partial charge is 0.261 e. The van der Waals surface area contributed by atoms with Crippen molar-refractivity contribution in [2.75, 3.05) is 31.4 Å². The second-order valence-electron chi connectivity index (χ2n) is 6.45. The number of halogens is 1. The average Bonchev–Trinajstić information content (AvgIpc) is 3.16. The summed E-state index contributed by atoms with van der Waals surface area (Å²) in [5.74, 6) is -1.29. The Morgan fingerprint density at radius 1 is 1.41 bits per heavy atom. The van der Waals surface area contributed by atoms with Crippen molar-refractivity contribution in [3.63, 3.8) is 0 Å². The molecule has 1 amide bonds. The summed E-state index contributed by atoms with van der Waals surface area (Å²) in [5, 5.41) is 2.43. The van der Waals surface area contributed by atoms with Gasteiger partial charge < -0.3 is 9.47 Å². The lowest BCUT2D eigenvalue weighted by atomic mass is 10.2. The first-order valence-electron chi connectivity index (χ1n) is 8.59. The van der Waals surface area contributed by atoms with Crippen LogP contribution < -0.4 is 10.1 Å². The molecule has 0 unspecified atom stereocenters. The summed E-state index contributed by atoms with van der Waals surface area (Å²) < 4.78 is 49.1. The SMILES string of the molecule is COc1ccc(S(=O)(=O)C[C@H]2CCOC2)cc1C(=O)Nc1ncc(F)c(C)n1.S. The minimum absolute atomic E-state index is 0. The number of carbonyl (C=O) groups is 1. The lowest BCUT2D eigenvalue weighted by Gasteiger charge is -2.13. The monoisotopic (exact) mass is 443 g/mol. The summed E-state index contributed by atoms with van der Waals surface area (Å²) in [6.45, 7) is 2.39. The van der Waals surface area contributed by atoms with E-state index >= 15 is 0 Å². The maximum absolute atomic E-state index is 13.3. The topological polar surface area (TPSA) is 107 Å². The van der Waals surface area contributed by atoms with Crippen LogP contribution in [0.4, 0.5) is 10.3 Å². The van der Waals surface area contributed by atoms with Gasteiger partial charge >= 0.3 is 0 Å². The van der Waals surface area contributed by atoms with Gasteiger partial charge in [0, 0.05) is 6.61 Å². The Morgan fingerprint density at radius 2 is 2.17 bits per heavy atom. The molecule has 1 aliphatic rings. The molecule has 2 heterocycles. The molecule has 3 rings (SSSR count). The first-order chi connectivity index (χ1) is 13.3. The largest absolute Gasteiger partial charge is 0.496 e. The molecule has 158 valence electrons. The third kappa shape index (κ3) is 5.43.